The van der Waals surface area contributed by atoms with Crippen LogP contribution in [0.3, 0.4) is 0 Å². The van der Waals surface area contributed by atoms with Gasteiger partial charge in [-0.15, -0.1) is 0 Å². The molecule has 2 atom stereocenters. The molecule has 0 bridgehead atoms. The Bertz CT molecular complexity index is 622. The van der Waals surface area contributed by atoms with E-state index in [4.69, 9.17) is 12.2 Å². The average Bonchev–Trinajstić information content (AvgIpc) is 2.81. The summed E-state index contributed by atoms with van der Waals surface area (Å²) in [6, 6.07) is 9.97. The Morgan fingerprint density at radius 2 is 2.20 bits per heavy atom. The smallest absolute Gasteiger partial charge is 0.221 e. The molecule has 0 aliphatic carbocycles. The van der Waals surface area contributed by atoms with Gasteiger partial charge in [0.25, 0.3) is 0 Å². The molecule has 0 amide bonds. The van der Waals surface area contributed by atoms with Gasteiger partial charge < -0.3 is 10.0 Å². The van der Waals surface area contributed by atoms with Crippen LogP contribution in [-0.4, -0.2) is 39.1 Å². The Labute approximate surface area is 122 Å². The monoisotopic (exact) mass is 291 g/mol. The molecule has 0 spiro atoms. The lowest BCUT2D eigenvalue weighted by molar-refractivity contribution is -0.931. The summed E-state index contributed by atoms with van der Waals surface area (Å²) in [5, 5.41) is 13.0. The number of likely N-dealkylation sites (tertiary alicyclic amines) is 1. The van der Waals surface area contributed by atoms with Crippen LogP contribution in [0.25, 0.3) is 11.4 Å². The highest BCUT2D eigenvalue weighted by molar-refractivity contribution is 7.71. The zero-order valence-corrected chi connectivity index (χ0v) is 12.1. The zero-order valence-electron chi connectivity index (χ0n) is 11.2. The Hall–Kier alpha value is -1.50. The van der Waals surface area contributed by atoms with Gasteiger partial charge in [-0.2, -0.15) is 4.98 Å². The average molecular weight is 291 g/mol. The van der Waals surface area contributed by atoms with Gasteiger partial charge in [-0.3, -0.25) is 5.10 Å². The Kier molecular flexibility index (Phi) is 3.95. The number of aromatic amines is 1. The maximum Gasteiger partial charge on any atom is 0.221 e. The van der Waals surface area contributed by atoms with Crippen LogP contribution in [0, 0.1) is 4.77 Å². The van der Waals surface area contributed by atoms with Crippen molar-refractivity contribution in [2.24, 2.45) is 0 Å². The lowest BCUT2D eigenvalue weighted by Gasteiger charge is -2.26. The number of aromatic nitrogens is 3. The van der Waals surface area contributed by atoms with Crippen LogP contribution in [0.4, 0.5) is 0 Å². The standard InChI is InChI=1S/C14H18N4OS/c19-12-7-4-8-17(9-12)10-18-14(20)15-13(16-18)11-5-2-1-3-6-11/h1-3,5-6,12,19H,4,7-10H2,(H,15,16,20)/p+1/t12-/m0/s1. The summed E-state index contributed by atoms with van der Waals surface area (Å²) in [6.45, 7) is 2.58. The van der Waals surface area contributed by atoms with Crippen molar-refractivity contribution in [3.8, 4) is 11.4 Å². The van der Waals surface area contributed by atoms with E-state index >= 15 is 0 Å². The largest absolute Gasteiger partial charge is 0.387 e. The first kappa shape index (κ1) is 13.5. The van der Waals surface area contributed by atoms with E-state index in [0.717, 1.165) is 44.0 Å². The fourth-order valence-corrected chi connectivity index (χ4v) is 2.88. The molecule has 1 saturated heterocycles. The lowest BCUT2D eigenvalue weighted by Crippen LogP contribution is -3.13. The summed E-state index contributed by atoms with van der Waals surface area (Å²) in [5.41, 5.74) is 1.03. The van der Waals surface area contributed by atoms with Crippen LogP contribution < -0.4 is 4.90 Å². The first-order valence-electron chi connectivity index (χ1n) is 6.96. The summed E-state index contributed by atoms with van der Waals surface area (Å²) >= 11 is 5.32. The normalized spacial score (nSPS) is 22.9. The van der Waals surface area contributed by atoms with Gasteiger partial charge in [0.1, 0.15) is 12.6 Å². The molecule has 0 saturated carbocycles. The molecule has 5 nitrogen and oxygen atoms in total. The van der Waals surface area contributed by atoms with Crippen molar-refractivity contribution in [1.29, 1.82) is 0 Å². The van der Waals surface area contributed by atoms with Gasteiger partial charge in [0.2, 0.25) is 4.77 Å². The minimum atomic E-state index is -0.190. The molecule has 2 aromatic rings. The molecule has 1 aliphatic rings. The van der Waals surface area contributed by atoms with E-state index in [2.05, 4.69) is 10.1 Å². The summed E-state index contributed by atoms with van der Waals surface area (Å²) < 4.78 is 2.46. The number of rotatable bonds is 3. The number of aliphatic hydroxyl groups is 1. The molecule has 106 valence electrons. The van der Waals surface area contributed by atoms with Crippen LogP contribution in [0.1, 0.15) is 12.8 Å². The number of quaternary nitrogens is 1. The fourth-order valence-electron chi connectivity index (χ4n) is 2.68. The van der Waals surface area contributed by atoms with Gasteiger partial charge in [0, 0.05) is 5.56 Å². The van der Waals surface area contributed by atoms with Gasteiger partial charge in [-0.1, -0.05) is 30.3 Å². The number of hydrogen-bond donors (Lipinski definition) is 3. The van der Waals surface area contributed by atoms with Crippen molar-refractivity contribution in [2.75, 3.05) is 13.1 Å². The molecule has 1 aromatic carbocycles. The van der Waals surface area contributed by atoms with Gasteiger partial charge in [-0.25, -0.2) is 4.68 Å². The lowest BCUT2D eigenvalue weighted by atomic mass is 10.1. The highest BCUT2D eigenvalue weighted by atomic mass is 32.1. The predicted octanol–water partition coefficient (Wildman–Crippen LogP) is 0.605. The number of nitrogens with one attached hydrogen (secondary N) is 2. The SMILES string of the molecule is O[C@H]1CCC[NH+](Cn2[nH]c(-c3ccccc3)nc2=S)C1. The minimum Gasteiger partial charge on any atom is -0.387 e. The third-order valence-electron chi connectivity index (χ3n) is 3.70. The Morgan fingerprint density at radius 3 is 2.95 bits per heavy atom. The van der Waals surface area contributed by atoms with Crippen LogP contribution in [0.5, 0.6) is 0 Å². The maximum atomic E-state index is 9.73. The highest BCUT2D eigenvalue weighted by Crippen LogP contribution is 2.13. The molecule has 2 heterocycles. The Morgan fingerprint density at radius 1 is 1.40 bits per heavy atom. The van der Waals surface area contributed by atoms with Crippen molar-refractivity contribution in [1.82, 2.24) is 14.8 Å². The van der Waals surface area contributed by atoms with Gasteiger partial charge in [0.15, 0.2) is 12.5 Å². The number of hydrogen-bond acceptors (Lipinski definition) is 3. The van der Waals surface area contributed by atoms with E-state index in [1.54, 1.807) is 0 Å². The fraction of sp³-hybridized carbons (Fsp3) is 0.429. The second kappa shape index (κ2) is 5.87. The molecule has 3 N–H and O–H groups in total. The zero-order chi connectivity index (χ0) is 13.9. The molecule has 3 rings (SSSR count). The molecule has 1 fully saturated rings. The summed E-state index contributed by atoms with van der Waals surface area (Å²) in [5.74, 6) is 0.799. The first-order valence-corrected chi connectivity index (χ1v) is 7.37. The highest BCUT2D eigenvalue weighted by Gasteiger charge is 2.21. The molecular formula is C14H19N4OS+. The van der Waals surface area contributed by atoms with Crippen molar-refractivity contribution in [3.05, 3.63) is 35.1 Å². The quantitative estimate of drug-likeness (QED) is 0.726. The van der Waals surface area contributed by atoms with Gasteiger partial charge >= 0.3 is 0 Å². The van der Waals surface area contributed by atoms with Crippen molar-refractivity contribution >= 4 is 12.2 Å². The maximum absolute atomic E-state index is 9.73. The second-order valence-corrected chi connectivity index (χ2v) is 5.67. The predicted molar refractivity (Wildman–Crippen MR) is 78.8 cm³/mol. The molecular weight excluding hydrogens is 272 g/mol. The van der Waals surface area contributed by atoms with Crippen molar-refractivity contribution in [3.63, 3.8) is 0 Å². The number of aliphatic hydroxyl groups excluding tert-OH is 1. The minimum absolute atomic E-state index is 0.190. The van der Waals surface area contributed by atoms with Crippen molar-refractivity contribution in [2.45, 2.75) is 25.6 Å². The van der Waals surface area contributed by atoms with E-state index in [-0.39, 0.29) is 6.10 Å². The van der Waals surface area contributed by atoms with Crippen LogP contribution in [0.2, 0.25) is 0 Å². The van der Waals surface area contributed by atoms with Crippen molar-refractivity contribution < 1.29 is 10.0 Å². The molecule has 1 unspecified atom stereocenters. The van der Waals surface area contributed by atoms with E-state index in [1.807, 2.05) is 35.0 Å². The molecule has 20 heavy (non-hydrogen) atoms. The topological polar surface area (TPSA) is 58.3 Å². The van der Waals surface area contributed by atoms with Crippen LogP contribution >= 0.6 is 12.2 Å². The Balaban J connectivity index is 1.78. The van der Waals surface area contributed by atoms with E-state index in [9.17, 15) is 5.11 Å². The number of nitrogens with zero attached hydrogens (tertiary/aromatic N) is 2. The third kappa shape index (κ3) is 2.98. The number of piperidine rings is 1. The van der Waals surface area contributed by atoms with Gasteiger partial charge in [-0.05, 0) is 25.1 Å². The molecule has 1 aromatic heterocycles. The molecule has 6 heteroatoms. The third-order valence-corrected chi connectivity index (χ3v) is 4.01. The summed E-state index contributed by atoms with van der Waals surface area (Å²) in [7, 11) is 0. The van der Waals surface area contributed by atoms with E-state index < -0.39 is 0 Å². The second-order valence-electron chi connectivity index (χ2n) is 5.31. The summed E-state index contributed by atoms with van der Waals surface area (Å²) in [6.07, 6.45) is 1.78. The van der Waals surface area contributed by atoms with Crippen LogP contribution in [-0.2, 0) is 6.67 Å². The first-order chi connectivity index (χ1) is 9.72. The summed E-state index contributed by atoms with van der Waals surface area (Å²) in [4.78, 5) is 5.75. The van der Waals surface area contributed by atoms with E-state index in [1.165, 1.54) is 4.90 Å². The number of benzene rings is 1. The molecule has 1 aliphatic heterocycles. The molecule has 0 radical (unpaired) electrons. The van der Waals surface area contributed by atoms with Gasteiger partial charge in [0.05, 0.1) is 6.54 Å². The number of H-pyrrole nitrogens is 1. The van der Waals surface area contributed by atoms with E-state index in [0.29, 0.717) is 4.77 Å². The van der Waals surface area contributed by atoms with Crippen LogP contribution in [0.15, 0.2) is 30.3 Å².